The molecular formula is C18H17N3O4S3. The van der Waals surface area contributed by atoms with Crippen molar-refractivity contribution in [3.8, 4) is 11.5 Å². The number of carbonyl (C=O) groups excluding carboxylic acids is 2. The number of ether oxygens (including phenoxy) is 2. The molecule has 0 spiro atoms. The van der Waals surface area contributed by atoms with Crippen molar-refractivity contribution in [2.24, 2.45) is 0 Å². The molecule has 1 saturated heterocycles. The predicted octanol–water partition coefficient (Wildman–Crippen LogP) is 3.39. The number of thioether (sulfide) groups is 1. The second-order valence-corrected chi connectivity index (χ2v) is 8.15. The summed E-state index contributed by atoms with van der Waals surface area (Å²) in [7, 11) is 3.12. The van der Waals surface area contributed by atoms with Gasteiger partial charge in [0.15, 0.2) is 16.6 Å². The molecule has 146 valence electrons. The van der Waals surface area contributed by atoms with Crippen LogP contribution in [0.4, 0.5) is 5.13 Å². The van der Waals surface area contributed by atoms with Crippen molar-refractivity contribution in [2.75, 3.05) is 26.1 Å². The van der Waals surface area contributed by atoms with Crippen molar-refractivity contribution in [3.05, 3.63) is 40.2 Å². The van der Waals surface area contributed by atoms with E-state index in [0.29, 0.717) is 25.9 Å². The maximum Gasteiger partial charge on any atom is 0.266 e. The first-order valence-electron chi connectivity index (χ1n) is 8.18. The number of thiocarbonyl (C=S) groups is 1. The zero-order chi connectivity index (χ0) is 20.1. The first kappa shape index (κ1) is 20.3. The standard InChI is InChI=1S/C18H17N3O4S3/c1-24-12-4-3-11(9-13(12)25-2)10-14-16(23)21(18(26)28-14)7-5-15(22)20-17-19-6-8-27-17/h3-4,6,8-10H,5,7H2,1-2H3,(H,19,20,22)/b14-10-. The fourth-order valence-corrected chi connectivity index (χ4v) is 4.32. The summed E-state index contributed by atoms with van der Waals surface area (Å²) >= 11 is 7.86. The first-order valence-corrected chi connectivity index (χ1v) is 10.3. The summed E-state index contributed by atoms with van der Waals surface area (Å²) < 4.78 is 10.9. The molecule has 1 aliphatic rings. The van der Waals surface area contributed by atoms with Crippen LogP contribution in [0.1, 0.15) is 12.0 Å². The normalized spacial score (nSPS) is 15.2. The van der Waals surface area contributed by atoms with Crippen LogP contribution < -0.4 is 14.8 Å². The summed E-state index contributed by atoms with van der Waals surface area (Å²) in [5.41, 5.74) is 0.791. The third-order valence-corrected chi connectivity index (χ3v) is 5.89. The van der Waals surface area contributed by atoms with Crippen LogP contribution in [0.15, 0.2) is 34.7 Å². The van der Waals surface area contributed by atoms with E-state index in [2.05, 4.69) is 10.3 Å². The minimum Gasteiger partial charge on any atom is -0.493 e. The van der Waals surface area contributed by atoms with Crippen molar-refractivity contribution in [1.29, 1.82) is 0 Å². The van der Waals surface area contributed by atoms with Crippen LogP contribution in [0.5, 0.6) is 11.5 Å². The zero-order valence-corrected chi connectivity index (χ0v) is 17.6. The van der Waals surface area contributed by atoms with Crippen LogP contribution in [-0.2, 0) is 9.59 Å². The molecule has 1 fully saturated rings. The minimum absolute atomic E-state index is 0.135. The molecule has 1 aliphatic heterocycles. The number of nitrogens with one attached hydrogen (secondary N) is 1. The van der Waals surface area contributed by atoms with Crippen LogP contribution in [0.2, 0.25) is 0 Å². The summed E-state index contributed by atoms with van der Waals surface area (Å²) in [6.07, 6.45) is 3.49. The Morgan fingerprint density at radius 2 is 2.11 bits per heavy atom. The molecule has 1 N–H and O–H groups in total. The number of aromatic nitrogens is 1. The molecule has 0 unspecified atom stereocenters. The van der Waals surface area contributed by atoms with Gasteiger partial charge in [-0.3, -0.25) is 14.5 Å². The Morgan fingerprint density at radius 1 is 1.32 bits per heavy atom. The molecule has 0 atom stereocenters. The maximum absolute atomic E-state index is 12.7. The highest BCUT2D eigenvalue weighted by molar-refractivity contribution is 8.26. The fraction of sp³-hybridized carbons (Fsp3) is 0.222. The predicted molar refractivity (Wildman–Crippen MR) is 115 cm³/mol. The zero-order valence-electron chi connectivity index (χ0n) is 15.1. The van der Waals surface area contributed by atoms with Crippen molar-refractivity contribution >= 4 is 62.7 Å². The number of nitrogens with zero attached hydrogens (tertiary/aromatic N) is 2. The molecule has 2 heterocycles. The second kappa shape index (κ2) is 9.18. The number of amides is 2. The van der Waals surface area contributed by atoms with Crippen LogP contribution in [0.3, 0.4) is 0 Å². The fourth-order valence-electron chi connectivity index (χ4n) is 2.47. The molecule has 0 aliphatic carbocycles. The van der Waals surface area contributed by atoms with Gasteiger partial charge < -0.3 is 14.8 Å². The van der Waals surface area contributed by atoms with Crippen LogP contribution in [0, 0.1) is 0 Å². The number of anilines is 1. The molecule has 0 saturated carbocycles. The van der Waals surface area contributed by atoms with Gasteiger partial charge in [-0.05, 0) is 23.8 Å². The van der Waals surface area contributed by atoms with Crippen LogP contribution >= 0.6 is 35.3 Å². The Balaban J connectivity index is 1.66. The van der Waals surface area contributed by atoms with Gasteiger partial charge in [-0.1, -0.05) is 30.0 Å². The highest BCUT2D eigenvalue weighted by Gasteiger charge is 2.32. The largest absolute Gasteiger partial charge is 0.493 e. The lowest BCUT2D eigenvalue weighted by Crippen LogP contribution is -2.31. The van der Waals surface area contributed by atoms with Gasteiger partial charge >= 0.3 is 0 Å². The Hall–Kier alpha value is -2.43. The monoisotopic (exact) mass is 435 g/mol. The van der Waals surface area contributed by atoms with E-state index in [4.69, 9.17) is 21.7 Å². The average molecular weight is 436 g/mol. The second-order valence-electron chi connectivity index (χ2n) is 5.58. The summed E-state index contributed by atoms with van der Waals surface area (Å²) in [5.74, 6) is 0.753. The number of carbonyl (C=O) groups is 2. The molecule has 0 bridgehead atoms. The molecule has 2 amide bonds. The van der Waals surface area contributed by atoms with Crippen molar-refractivity contribution in [3.63, 3.8) is 0 Å². The molecule has 1 aromatic heterocycles. The number of methoxy groups -OCH3 is 2. The van der Waals surface area contributed by atoms with Gasteiger partial charge in [-0.2, -0.15) is 0 Å². The average Bonchev–Trinajstić information content (AvgIpc) is 3.28. The lowest BCUT2D eigenvalue weighted by atomic mass is 10.2. The lowest BCUT2D eigenvalue weighted by Gasteiger charge is -2.13. The SMILES string of the molecule is COc1ccc(/C=C2\SC(=S)N(CCC(=O)Nc3nccs3)C2=O)cc1OC. The quantitative estimate of drug-likeness (QED) is 0.527. The Bertz CT molecular complexity index is 928. The molecule has 7 nitrogen and oxygen atoms in total. The van der Waals surface area contributed by atoms with E-state index in [1.807, 2.05) is 6.07 Å². The molecule has 3 rings (SSSR count). The Labute approximate surface area is 175 Å². The molecule has 2 aromatic rings. The summed E-state index contributed by atoms with van der Waals surface area (Å²) in [5, 5.41) is 5.00. The minimum atomic E-state index is -0.216. The topological polar surface area (TPSA) is 80.8 Å². The summed E-state index contributed by atoms with van der Waals surface area (Å²) in [6.45, 7) is 0.213. The van der Waals surface area contributed by atoms with Crippen LogP contribution in [-0.4, -0.2) is 46.8 Å². The van der Waals surface area contributed by atoms with Crippen LogP contribution in [0.25, 0.3) is 6.08 Å². The van der Waals surface area contributed by atoms with Gasteiger partial charge in [0, 0.05) is 24.5 Å². The van der Waals surface area contributed by atoms with E-state index >= 15 is 0 Å². The van der Waals surface area contributed by atoms with Crippen molar-refractivity contribution in [1.82, 2.24) is 9.88 Å². The third-order valence-electron chi connectivity index (χ3n) is 3.82. The Kier molecular flexibility index (Phi) is 6.65. The summed E-state index contributed by atoms with van der Waals surface area (Å²) in [4.78, 5) is 30.6. The number of thiazole rings is 1. The van der Waals surface area contributed by atoms with Gasteiger partial charge in [0.25, 0.3) is 5.91 Å². The van der Waals surface area contributed by atoms with E-state index in [1.165, 1.54) is 28.0 Å². The highest BCUT2D eigenvalue weighted by atomic mass is 32.2. The number of hydrogen-bond acceptors (Lipinski definition) is 8. The molecular weight excluding hydrogens is 418 g/mol. The van der Waals surface area contributed by atoms with Crippen molar-refractivity contribution in [2.45, 2.75) is 6.42 Å². The van der Waals surface area contributed by atoms with Gasteiger partial charge in [-0.15, -0.1) is 11.3 Å². The maximum atomic E-state index is 12.7. The van der Waals surface area contributed by atoms with E-state index in [0.717, 1.165) is 5.56 Å². The lowest BCUT2D eigenvalue weighted by molar-refractivity contribution is -0.122. The molecule has 28 heavy (non-hydrogen) atoms. The third kappa shape index (κ3) is 4.70. The van der Waals surface area contributed by atoms with Gasteiger partial charge in [0.1, 0.15) is 4.32 Å². The van der Waals surface area contributed by atoms with Crippen molar-refractivity contribution < 1.29 is 19.1 Å². The molecule has 1 aromatic carbocycles. The molecule has 10 heteroatoms. The number of hydrogen-bond donors (Lipinski definition) is 1. The highest BCUT2D eigenvalue weighted by Crippen LogP contribution is 2.34. The van der Waals surface area contributed by atoms with E-state index in [9.17, 15) is 9.59 Å². The van der Waals surface area contributed by atoms with Gasteiger partial charge in [0.2, 0.25) is 5.91 Å². The van der Waals surface area contributed by atoms with E-state index < -0.39 is 0 Å². The molecule has 0 radical (unpaired) electrons. The van der Waals surface area contributed by atoms with E-state index in [1.54, 1.807) is 44.0 Å². The van der Waals surface area contributed by atoms with Gasteiger partial charge in [-0.25, -0.2) is 4.98 Å². The first-order chi connectivity index (χ1) is 13.5. The number of benzene rings is 1. The summed E-state index contributed by atoms with van der Waals surface area (Å²) in [6, 6.07) is 5.39. The number of rotatable bonds is 7. The van der Waals surface area contributed by atoms with E-state index in [-0.39, 0.29) is 24.8 Å². The van der Waals surface area contributed by atoms with Gasteiger partial charge in [0.05, 0.1) is 19.1 Å². The smallest absolute Gasteiger partial charge is 0.266 e. The Morgan fingerprint density at radius 3 is 2.79 bits per heavy atom.